The lowest BCUT2D eigenvalue weighted by molar-refractivity contribution is -0.124. The molecule has 1 heterocycles. The van der Waals surface area contributed by atoms with Crippen LogP contribution in [-0.2, 0) is 9.53 Å². The van der Waals surface area contributed by atoms with Crippen LogP contribution in [0.1, 0.15) is 34.8 Å². The third-order valence-corrected chi connectivity index (χ3v) is 5.46. The number of benzene rings is 2. The fourth-order valence-electron chi connectivity index (χ4n) is 3.76. The van der Waals surface area contributed by atoms with E-state index >= 15 is 0 Å². The molecule has 2 aromatic carbocycles. The zero-order chi connectivity index (χ0) is 20.5. The minimum Gasteiger partial charge on any atom is -0.384 e. The van der Waals surface area contributed by atoms with Crippen LogP contribution in [0.15, 0.2) is 60.7 Å². The van der Waals surface area contributed by atoms with E-state index in [0.29, 0.717) is 18.7 Å². The second-order valence-electron chi connectivity index (χ2n) is 7.58. The van der Waals surface area contributed by atoms with Crippen molar-refractivity contribution < 1.29 is 14.3 Å². The highest BCUT2D eigenvalue weighted by molar-refractivity contribution is 5.97. The van der Waals surface area contributed by atoms with E-state index in [1.54, 1.807) is 31.4 Å². The Balaban J connectivity index is 0.00000320. The molecule has 1 fully saturated rings. The van der Waals surface area contributed by atoms with Gasteiger partial charge in [0, 0.05) is 24.6 Å². The molecule has 7 heteroatoms. The Kier molecular flexibility index (Phi) is 9.30. The van der Waals surface area contributed by atoms with Gasteiger partial charge in [-0.1, -0.05) is 48.5 Å². The van der Waals surface area contributed by atoms with Crippen molar-refractivity contribution in [3.8, 4) is 0 Å². The number of hydrogen-bond acceptors (Lipinski definition) is 4. The van der Waals surface area contributed by atoms with Gasteiger partial charge in [0.1, 0.15) is 6.04 Å². The smallest absolute Gasteiger partial charge is 0.252 e. The van der Waals surface area contributed by atoms with Crippen molar-refractivity contribution >= 4 is 24.2 Å². The topological polar surface area (TPSA) is 79.5 Å². The summed E-state index contributed by atoms with van der Waals surface area (Å²) in [6.45, 7) is 2.94. The molecule has 3 rings (SSSR count). The molecule has 6 nitrogen and oxygen atoms in total. The molecule has 0 radical (unpaired) electrons. The largest absolute Gasteiger partial charge is 0.384 e. The summed E-state index contributed by atoms with van der Waals surface area (Å²) >= 11 is 0. The SMILES string of the molecule is COCC1(CNC(=O)C(NC(=O)c2ccccc2)c2ccccc2)CCNCC1.Cl. The summed E-state index contributed by atoms with van der Waals surface area (Å²) in [7, 11) is 1.69. The second-order valence-corrected chi connectivity index (χ2v) is 7.58. The first-order valence-electron chi connectivity index (χ1n) is 10.0. The van der Waals surface area contributed by atoms with Gasteiger partial charge in [0.2, 0.25) is 5.91 Å². The Morgan fingerprint density at radius 2 is 1.63 bits per heavy atom. The molecule has 1 aliphatic heterocycles. The van der Waals surface area contributed by atoms with E-state index in [0.717, 1.165) is 31.5 Å². The molecular weight excluding hydrogens is 402 g/mol. The van der Waals surface area contributed by atoms with Crippen molar-refractivity contribution in [2.75, 3.05) is 33.4 Å². The quantitative estimate of drug-likeness (QED) is 0.600. The Morgan fingerprint density at radius 3 is 2.23 bits per heavy atom. The number of nitrogens with one attached hydrogen (secondary N) is 3. The van der Waals surface area contributed by atoms with Gasteiger partial charge in [-0.25, -0.2) is 0 Å². The van der Waals surface area contributed by atoms with Gasteiger partial charge in [-0.05, 0) is 43.6 Å². The monoisotopic (exact) mass is 431 g/mol. The zero-order valence-electron chi connectivity index (χ0n) is 17.2. The number of carbonyl (C=O) groups excluding carboxylic acids is 2. The molecule has 2 amide bonds. The van der Waals surface area contributed by atoms with E-state index in [2.05, 4.69) is 16.0 Å². The third-order valence-electron chi connectivity index (χ3n) is 5.46. The highest BCUT2D eigenvalue weighted by Crippen LogP contribution is 2.28. The molecule has 1 saturated heterocycles. The van der Waals surface area contributed by atoms with Crippen molar-refractivity contribution in [1.82, 2.24) is 16.0 Å². The predicted octanol–water partition coefficient (Wildman–Crippen LogP) is 2.71. The van der Waals surface area contributed by atoms with E-state index in [1.807, 2.05) is 36.4 Å². The molecule has 0 aromatic heterocycles. The number of piperidine rings is 1. The lowest BCUT2D eigenvalue weighted by atomic mass is 9.79. The molecule has 162 valence electrons. The van der Waals surface area contributed by atoms with Crippen LogP contribution in [0, 0.1) is 5.41 Å². The van der Waals surface area contributed by atoms with Crippen molar-refractivity contribution in [2.24, 2.45) is 5.41 Å². The first-order chi connectivity index (χ1) is 14.1. The van der Waals surface area contributed by atoms with Crippen LogP contribution < -0.4 is 16.0 Å². The molecular formula is C23H30ClN3O3. The summed E-state index contributed by atoms with van der Waals surface area (Å²) in [5.41, 5.74) is 1.19. The molecule has 0 saturated carbocycles. The van der Waals surface area contributed by atoms with Gasteiger partial charge < -0.3 is 20.7 Å². The fourth-order valence-corrected chi connectivity index (χ4v) is 3.76. The van der Waals surface area contributed by atoms with Gasteiger partial charge in [-0.15, -0.1) is 12.4 Å². The van der Waals surface area contributed by atoms with Crippen LogP contribution in [0.5, 0.6) is 0 Å². The zero-order valence-corrected chi connectivity index (χ0v) is 18.0. The number of carbonyl (C=O) groups is 2. The van der Waals surface area contributed by atoms with Crippen molar-refractivity contribution in [3.63, 3.8) is 0 Å². The van der Waals surface area contributed by atoms with Crippen molar-refractivity contribution in [3.05, 3.63) is 71.8 Å². The molecule has 1 aliphatic rings. The van der Waals surface area contributed by atoms with Crippen LogP contribution in [0.2, 0.25) is 0 Å². The van der Waals surface area contributed by atoms with Crippen molar-refractivity contribution in [2.45, 2.75) is 18.9 Å². The minimum atomic E-state index is -0.759. The van der Waals surface area contributed by atoms with Gasteiger partial charge in [0.15, 0.2) is 0 Å². The summed E-state index contributed by atoms with van der Waals surface area (Å²) in [6, 6.07) is 17.5. The van der Waals surface area contributed by atoms with E-state index in [1.165, 1.54) is 0 Å². The summed E-state index contributed by atoms with van der Waals surface area (Å²) in [6.07, 6.45) is 1.88. The highest BCUT2D eigenvalue weighted by Gasteiger charge is 2.33. The van der Waals surface area contributed by atoms with Gasteiger partial charge >= 0.3 is 0 Å². The lowest BCUT2D eigenvalue weighted by Crippen LogP contribution is -2.49. The Morgan fingerprint density at radius 1 is 1.03 bits per heavy atom. The molecule has 30 heavy (non-hydrogen) atoms. The first kappa shape index (κ1) is 23.9. The number of amides is 2. The normalized spacial score (nSPS) is 16.0. The second kappa shape index (κ2) is 11.7. The number of ether oxygens (including phenoxy) is 1. The third kappa shape index (κ3) is 6.29. The van der Waals surface area contributed by atoms with Crippen LogP contribution in [0.4, 0.5) is 0 Å². The number of methoxy groups -OCH3 is 1. The summed E-state index contributed by atoms with van der Waals surface area (Å²) in [4.78, 5) is 25.8. The highest BCUT2D eigenvalue weighted by atomic mass is 35.5. The average molecular weight is 432 g/mol. The van der Waals surface area contributed by atoms with Gasteiger partial charge in [0.25, 0.3) is 5.91 Å². The predicted molar refractivity (Wildman–Crippen MR) is 120 cm³/mol. The number of rotatable bonds is 8. The minimum absolute atomic E-state index is 0. The summed E-state index contributed by atoms with van der Waals surface area (Å²) in [5, 5.41) is 9.31. The molecule has 0 spiro atoms. The van der Waals surface area contributed by atoms with Crippen LogP contribution in [0.3, 0.4) is 0 Å². The van der Waals surface area contributed by atoms with Crippen LogP contribution in [-0.4, -0.2) is 45.2 Å². The fraction of sp³-hybridized carbons (Fsp3) is 0.391. The Labute approximate surface area is 184 Å². The molecule has 0 bridgehead atoms. The molecule has 2 aromatic rings. The van der Waals surface area contributed by atoms with E-state index in [-0.39, 0.29) is 29.6 Å². The van der Waals surface area contributed by atoms with Gasteiger partial charge in [-0.3, -0.25) is 9.59 Å². The van der Waals surface area contributed by atoms with Crippen LogP contribution >= 0.6 is 12.4 Å². The Bertz CT molecular complexity index is 790. The average Bonchev–Trinajstić information content (AvgIpc) is 2.78. The molecule has 1 unspecified atom stereocenters. The van der Waals surface area contributed by atoms with Gasteiger partial charge in [0.05, 0.1) is 6.61 Å². The standard InChI is InChI=1S/C23H29N3O3.ClH/c1-29-17-23(12-14-24-15-13-23)16-25-22(28)20(18-8-4-2-5-9-18)26-21(27)19-10-6-3-7-11-19;/h2-11,20,24H,12-17H2,1H3,(H,25,28)(H,26,27);1H. The molecule has 3 N–H and O–H groups in total. The molecule has 1 atom stereocenters. The van der Waals surface area contributed by atoms with E-state index < -0.39 is 6.04 Å². The van der Waals surface area contributed by atoms with E-state index in [4.69, 9.17) is 4.74 Å². The number of hydrogen-bond donors (Lipinski definition) is 3. The summed E-state index contributed by atoms with van der Waals surface area (Å²) < 4.78 is 5.44. The van der Waals surface area contributed by atoms with E-state index in [9.17, 15) is 9.59 Å². The maximum Gasteiger partial charge on any atom is 0.252 e. The number of halogens is 1. The maximum absolute atomic E-state index is 13.1. The lowest BCUT2D eigenvalue weighted by Gasteiger charge is -2.37. The summed E-state index contributed by atoms with van der Waals surface area (Å²) in [5.74, 6) is -0.488. The van der Waals surface area contributed by atoms with Crippen molar-refractivity contribution in [1.29, 1.82) is 0 Å². The first-order valence-corrected chi connectivity index (χ1v) is 10.0. The maximum atomic E-state index is 13.1. The Hall–Kier alpha value is -2.41. The van der Waals surface area contributed by atoms with Gasteiger partial charge in [-0.2, -0.15) is 0 Å². The molecule has 0 aliphatic carbocycles. The van der Waals surface area contributed by atoms with Crippen LogP contribution in [0.25, 0.3) is 0 Å².